The third-order valence-electron chi connectivity index (χ3n) is 2.54. The van der Waals surface area contributed by atoms with E-state index in [1.165, 1.54) is 7.05 Å². The molecule has 8 heteroatoms. The molecule has 0 aromatic heterocycles. The predicted molar refractivity (Wildman–Crippen MR) is 74.4 cm³/mol. The Labute approximate surface area is 114 Å². The number of hydrogen-bond donors (Lipinski definition) is 2. The van der Waals surface area contributed by atoms with Crippen LogP contribution in [0.25, 0.3) is 0 Å². The van der Waals surface area contributed by atoms with Gasteiger partial charge in [-0.05, 0) is 25.1 Å². The van der Waals surface area contributed by atoms with Crippen LogP contribution in [0.1, 0.15) is 18.1 Å². The number of hydrogen-bond acceptors (Lipinski definition) is 4. The first kappa shape index (κ1) is 16.1. The quantitative estimate of drug-likeness (QED) is 0.751. The molecule has 0 unspecified atom stereocenters. The number of sulfonamides is 2. The van der Waals surface area contributed by atoms with Gasteiger partial charge in [-0.2, -0.15) is 0 Å². The SMILES string of the molecule is CCS(=O)(=O)NCc1cccc(CS(=O)(=O)NC)c1. The van der Waals surface area contributed by atoms with E-state index in [0.29, 0.717) is 5.56 Å². The zero-order valence-corrected chi connectivity index (χ0v) is 12.5. The Morgan fingerprint density at radius 2 is 1.68 bits per heavy atom. The lowest BCUT2D eigenvalue weighted by molar-refractivity contribution is 0.581. The molecule has 6 nitrogen and oxygen atoms in total. The normalized spacial score (nSPS) is 12.5. The van der Waals surface area contributed by atoms with Crippen LogP contribution in [0.2, 0.25) is 0 Å². The third-order valence-corrected chi connectivity index (χ3v) is 5.21. The van der Waals surface area contributed by atoms with Gasteiger partial charge in [0.1, 0.15) is 0 Å². The van der Waals surface area contributed by atoms with Crippen molar-refractivity contribution in [1.82, 2.24) is 9.44 Å². The van der Waals surface area contributed by atoms with Gasteiger partial charge in [-0.15, -0.1) is 0 Å². The molecule has 0 spiro atoms. The van der Waals surface area contributed by atoms with Crippen LogP contribution >= 0.6 is 0 Å². The predicted octanol–water partition coefficient (Wildman–Crippen LogP) is 0.175. The average Bonchev–Trinajstić information content (AvgIpc) is 2.37. The molecular weight excluding hydrogens is 288 g/mol. The van der Waals surface area contributed by atoms with Crippen molar-refractivity contribution in [3.8, 4) is 0 Å². The molecule has 0 aliphatic carbocycles. The van der Waals surface area contributed by atoms with Gasteiger partial charge in [0, 0.05) is 6.54 Å². The molecule has 0 saturated carbocycles. The molecule has 0 amide bonds. The summed E-state index contributed by atoms with van der Waals surface area (Å²) in [6, 6.07) is 6.81. The van der Waals surface area contributed by atoms with Crippen LogP contribution in [-0.2, 0) is 32.3 Å². The van der Waals surface area contributed by atoms with Crippen molar-refractivity contribution in [3.05, 3.63) is 35.4 Å². The first-order valence-corrected chi connectivity index (χ1v) is 9.05. The van der Waals surface area contributed by atoms with Crippen molar-refractivity contribution in [2.45, 2.75) is 19.2 Å². The van der Waals surface area contributed by atoms with Crippen LogP contribution in [0.5, 0.6) is 0 Å². The Balaban J connectivity index is 2.78. The highest BCUT2D eigenvalue weighted by molar-refractivity contribution is 7.89. The molecule has 2 N–H and O–H groups in total. The topological polar surface area (TPSA) is 92.3 Å². The monoisotopic (exact) mass is 306 g/mol. The van der Waals surface area contributed by atoms with Crippen LogP contribution < -0.4 is 9.44 Å². The third kappa shape index (κ3) is 5.68. The van der Waals surface area contributed by atoms with Crippen molar-refractivity contribution < 1.29 is 16.8 Å². The summed E-state index contributed by atoms with van der Waals surface area (Å²) in [5.41, 5.74) is 1.34. The Morgan fingerprint density at radius 3 is 2.26 bits per heavy atom. The van der Waals surface area contributed by atoms with E-state index >= 15 is 0 Å². The maximum absolute atomic E-state index is 11.4. The number of nitrogens with one attached hydrogen (secondary N) is 2. The molecule has 0 heterocycles. The molecule has 19 heavy (non-hydrogen) atoms. The highest BCUT2D eigenvalue weighted by Gasteiger charge is 2.10. The summed E-state index contributed by atoms with van der Waals surface area (Å²) < 4.78 is 50.1. The molecule has 0 fully saturated rings. The van der Waals surface area contributed by atoms with Gasteiger partial charge in [0.25, 0.3) is 0 Å². The van der Waals surface area contributed by atoms with E-state index in [2.05, 4.69) is 9.44 Å². The zero-order chi connectivity index (χ0) is 14.5. The Morgan fingerprint density at radius 1 is 1.05 bits per heavy atom. The average molecular weight is 306 g/mol. The van der Waals surface area contributed by atoms with Gasteiger partial charge < -0.3 is 0 Å². The Hall–Kier alpha value is -0.960. The first-order chi connectivity index (χ1) is 8.78. The first-order valence-electron chi connectivity index (χ1n) is 5.74. The summed E-state index contributed by atoms with van der Waals surface area (Å²) >= 11 is 0. The van der Waals surface area contributed by atoms with Crippen LogP contribution in [0.3, 0.4) is 0 Å². The molecule has 1 rings (SSSR count). The zero-order valence-electron chi connectivity index (χ0n) is 10.9. The molecule has 108 valence electrons. The van der Waals surface area contributed by atoms with Gasteiger partial charge in [-0.25, -0.2) is 26.3 Å². The lowest BCUT2D eigenvalue weighted by Gasteiger charge is -2.07. The smallest absolute Gasteiger partial charge is 0.215 e. The van der Waals surface area contributed by atoms with E-state index in [1.807, 2.05) is 0 Å². The minimum Gasteiger partial charge on any atom is -0.218 e. The summed E-state index contributed by atoms with van der Waals surface area (Å²) in [6.07, 6.45) is 0. The maximum atomic E-state index is 11.4. The molecule has 0 aliphatic rings. The summed E-state index contributed by atoms with van der Waals surface area (Å²) in [6.45, 7) is 1.71. The van der Waals surface area contributed by atoms with Gasteiger partial charge in [0.2, 0.25) is 20.0 Å². The lowest BCUT2D eigenvalue weighted by Crippen LogP contribution is -2.25. The van der Waals surface area contributed by atoms with E-state index in [9.17, 15) is 16.8 Å². The highest BCUT2D eigenvalue weighted by Crippen LogP contribution is 2.08. The lowest BCUT2D eigenvalue weighted by atomic mass is 10.1. The standard InChI is InChI=1S/C11H18N2O4S2/c1-3-18(14,15)13-8-10-5-4-6-11(7-10)9-19(16,17)12-2/h4-7,12-13H,3,8-9H2,1-2H3. The molecule has 1 aromatic carbocycles. The van der Waals surface area contributed by atoms with E-state index in [4.69, 9.17) is 0 Å². The van der Waals surface area contributed by atoms with Crippen LogP contribution in [0, 0.1) is 0 Å². The number of benzene rings is 1. The molecule has 0 bridgehead atoms. The van der Waals surface area contributed by atoms with Crippen LogP contribution in [-0.4, -0.2) is 29.6 Å². The van der Waals surface area contributed by atoms with Crippen molar-refractivity contribution in [1.29, 1.82) is 0 Å². The Kier molecular flexibility index (Phi) is 5.48. The molecule has 0 atom stereocenters. The van der Waals surface area contributed by atoms with E-state index in [0.717, 1.165) is 5.56 Å². The minimum absolute atomic E-state index is 0.0147. The molecule has 1 aromatic rings. The van der Waals surface area contributed by atoms with Crippen LogP contribution in [0.15, 0.2) is 24.3 Å². The van der Waals surface area contributed by atoms with Gasteiger partial charge >= 0.3 is 0 Å². The summed E-state index contributed by atoms with van der Waals surface area (Å²) in [5, 5.41) is 0. The van der Waals surface area contributed by atoms with Crippen molar-refractivity contribution >= 4 is 20.0 Å². The summed E-state index contributed by atoms with van der Waals surface area (Å²) in [5.74, 6) is -0.112. The summed E-state index contributed by atoms with van der Waals surface area (Å²) in [7, 11) is -5.22. The molecular formula is C11H18N2O4S2. The van der Waals surface area contributed by atoms with Crippen molar-refractivity contribution in [3.63, 3.8) is 0 Å². The van der Waals surface area contributed by atoms with E-state index < -0.39 is 20.0 Å². The fourth-order valence-corrected chi connectivity index (χ4v) is 2.77. The summed E-state index contributed by atoms with van der Waals surface area (Å²) in [4.78, 5) is 0. The van der Waals surface area contributed by atoms with Gasteiger partial charge in [-0.3, -0.25) is 0 Å². The number of rotatable bonds is 7. The van der Waals surface area contributed by atoms with E-state index in [-0.39, 0.29) is 18.1 Å². The van der Waals surface area contributed by atoms with Gasteiger partial charge in [0.15, 0.2) is 0 Å². The Bertz CT molecular complexity index is 624. The molecule has 0 saturated heterocycles. The molecule has 0 radical (unpaired) electrons. The maximum Gasteiger partial charge on any atom is 0.215 e. The molecule has 0 aliphatic heterocycles. The van der Waals surface area contributed by atoms with Gasteiger partial charge in [-0.1, -0.05) is 24.3 Å². The van der Waals surface area contributed by atoms with E-state index in [1.54, 1.807) is 31.2 Å². The van der Waals surface area contributed by atoms with Gasteiger partial charge in [0.05, 0.1) is 11.5 Å². The fraction of sp³-hybridized carbons (Fsp3) is 0.455. The second-order valence-corrected chi connectivity index (χ2v) is 8.03. The van der Waals surface area contributed by atoms with Crippen LogP contribution in [0.4, 0.5) is 0 Å². The fourth-order valence-electron chi connectivity index (χ4n) is 1.42. The van der Waals surface area contributed by atoms with Crippen molar-refractivity contribution in [2.24, 2.45) is 0 Å². The highest BCUT2D eigenvalue weighted by atomic mass is 32.2. The van der Waals surface area contributed by atoms with Crippen molar-refractivity contribution in [2.75, 3.05) is 12.8 Å². The second-order valence-electron chi connectivity index (χ2n) is 4.01. The minimum atomic E-state index is -3.33. The largest absolute Gasteiger partial charge is 0.218 e. The second kappa shape index (κ2) is 6.47.